The van der Waals surface area contributed by atoms with Gasteiger partial charge in [-0.25, -0.2) is 4.99 Å². The minimum Gasteiger partial charge on any atom is -0.352 e. The van der Waals surface area contributed by atoms with Crippen molar-refractivity contribution >= 4 is 11.9 Å². The van der Waals surface area contributed by atoms with Crippen molar-refractivity contribution in [1.29, 1.82) is 0 Å². The topological polar surface area (TPSA) is 43.2 Å². The second-order valence-corrected chi connectivity index (χ2v) is 6.98. The standard InChI is InChI=1S/C18H37N5/c1-7-12-15(8-2)19-17(20-16-13-10-9-11-14-16)21-18(22(3)4)23(5)6/h15-16H,7-14H2,1-6H3,(H,19,20). The maximum atomic E-state index is 4.97. The van der Waals surface area contributed by atoms with Gasteiger partial charge in [-0.2, -0.15) is 4.99 Å². The molecule has 0 aromatic rings. The number of aliphatic imine (C=N–C) groups is 2. The van der Waals surface area contributed by atoms with Gasteiger partial charge in [0.15, 0.2) is 0 Å². The Balaban J connectivity index is 2.98. The summed E-state index contributed by atoms with van der Waals surface area (Å²) < 4.78 is 0. The number of nitrogens with one attached hydrogen (secondary N) is 1. The molecular formula is C18H37N5. The highest BCUT2D eigenvalue weighted by Gasteiger charge is 2.16. The molecule has 0 heterocycles. The van der Waals surface area contributed by atoms with E-state index in [9.17, 15) is 0 Å². The summed E-state index contributed by atoms with van der Waals surface area (Å²) in [6.07, 6.45) is 9.79. The highest BCUT2D eigenvalue weighted by atomic mass is 15.4. The first-order valence-corrected chi connectivity index (χ1v) is 9.25. The van der Waals surface area contributed by atoms with Crippen LogP contribution in [0.5, 0.6) is 0 Å². The van der Waals surface area contributed by atoms with Gasteiger partial charge in [0.05, 0.1) is 6.04 Å². The molecule has 1 N–H and O–H groups in total. The van der Waals surface area contributed by atoms with Gasteiger partial charge in [0.2, 0.25) is 11.9 Å². The van der Waals surface area contributed by atoms with Gasteiger partial charge in [0.1, 0.15) is 0 Å². The molecule has 1 aliphatic rings. The summed E-state index contributed by atoms with van der Waals surface area (Å²) in [6, 6.07) is 0.886. The van der Waals surface area contributed by atoms with Crippen LogP contribution >= 0.6 is 0 Å². The van der Waals surface area contributed by atoms with Crippen molar-refractivity contribution in [3.05, 3.63) is 0 Å². The third kappa shape index (κ3) is 7.23. The molecule has 1 aliphatic carbocycles. The maximum absolute atomic E-state index is 4.97. The molecule has 0 bridgehead atoms. The average molecular weight is 324 g/mol. The third-order valence-corrected chi connectivity index (χ3v) is 4.35. The second kappa shape index (κ2) is 10.5. The molecule has 0 radical (unpaired) electrons. The normalized spacial score (nSPS) is 17.6. The van der Waals surface area contributed by atoms with Crippen LogP contribution in [0.4, 0.5) is 0 Å². The van der Waals surface area contributed by atoms with Crippen molar-refractivity contribution in [2.45, 2.75) is 77.3 Å². The van der Waals surface area contributed by atoms with Crippen LogP contribution in [-0.2, 0) is 0 Å². The Kier molecular flexibility index (Phi) is 9.03. The predicted molar refractivity (Wildman–Crippen MR) is 101 cm³/mol. The fourth-order valence-electron chi connectivity index (χ4n) is 3.09. The molecule has 0 saturated heterocycles. The Morgan fingerprint density at radius 2 is 1.65 bits per heavy atom. The van der Waals surface area contributed by atoms with Crippen LogP contribution in [0.25, 0.3) is 0 Å². The summed E-state index contributed by atoms with van der Waals surface area (Å²) in [6.45, 7) is 4.46. The first-order valence-electron chi connectivity index (χ1n) is 9.25. The first-order chi connectivity index (χ1) is 11.0. The summed E-state index contributed by atoms with van der Waals surface area (Å²) in [5, 5.41) is 3.60. The summed E-state index contributed by atoms with van der Waals surface area (Å²) in [4.78, 5) is 13.9. The minimum absolute atomic E-state index is 0.430. The Bertz CT molecular complexity index is 371. The number of rotatable bonds is 5. The third-order valence-electron chi connectivity index (χ3n) is 4.35. The fourth-order valence-corrected chi connectivity index (χ4v) is 3.09. The van der Waals surface area contributed by atoms with E-state index in [0.717, 1.165) is 24.8 Å². The summed E-state index contributed by atoms with van der Waals surface area (Å²) >= 11 is 0. The molecule has 0 aromatic carbocycles. The van der Waals surface area contributed by atoms with Crippen LogP contribution in [0.2, 0.25) is 0 Å². The van der Waals surface area contributed by atoms with Crippen molar-refractivity contribution < 1.29 is 0 Å². The van der Waals surface area contributed by atoms with E-state index in [4.69, 9.17) is 9.98 Å². The van der Waals surface area contributed by atoms with E-state index < -0.39 is 0 Å². The van der Waals surface area contributed by atoms with Crippen LogP contribution in [0.15, 0.2) is 9.98 Å². The van der Waals surface area contributed by atoms with Crippen LogP contribution < -0.4 is 5.32 Å². The zero-order chi connectivity index (χ0) is 17.2. The predicted octanol–water partition coefficient (Wildman–Crippen LogP) is 3.32. The molecule has 0 aromatic heterocycles. The van der Waals surface area contributed by atoms with Crippen LogP contribution in [0.1, 0.15) is 65.2 Å². The summed E-state index contributed by atoms with van der Waals surface area (Å²) in [7, 11) is 8.11. The summed E-state index contributed by atoms with van der Waals surface area (Å²) in [5.74, 6) is 1.74. The highest BCUT2D eigenvalue weighted by Crippen LogP contribution is 2.20. The Labute approximate surface area is 143 Å². The number of nitrogens with zero attached hydrogens (tertiary/aromatic N) is 4. The SMILES string of the molecule is CCCC(CC)NC(=NC1CCCCC1)N=C(N(C)C)N(C)C. The van der Waals surface area contributed by atoms with Crippen LogP contribution in [-0.4, -0.2) is 62.0 Å². The van der Waals surface area contributed by atoms with Gasteiger partial charge in [0, 0.05) is 34.2 Å². The zero-order valence-corrected chi connectivity index (χ0v) is 16.1. The number of hydrogen-bond acceptors (Lipinski definition) is 1. The van der Waals surface area contributed by atoms with Crippen LogP contribution in [0, 0.1) is 0 Å². The van der Waals surface area contributed by atoms with E-state index in [2.05, 4.69) is 19.2 Å². The Morgan fingerprint density at radius 3 is 2.13 bits per heavy atom. The van der Waals surface area contributed by atoms with Gasteiger partial charge < -0.3 is 15.1 Å². The zero-order valence-electron chi connectivity index (χ0n) is 16.1. The molecular weight excluding hydrogens is 286 g/mol. The lowest BCUT2D eigenvalue weighted by molar-refractivity contribution is 0.439. The Hall–Kier alpha value is -1.26. The molecule has 134 valence electrons. The van der Waals surface area contributed by atoms with Crippen molar-refractivity contribution in [1.82, 2.24) is 15.1 Å². The molecule has 1 fully saturated rings. The molecule has 0 amide bonds. The van der Waals surface area contributed by atoms with Gasteiger partial charge >= 0.3 is 0 Å². The lowest BCUT2D eigenvalue weighted by atomic mass is 9.96. The molecule has 1 saturated carbocycles. The number of hydrogen-bond donors (Lipinski definition) is 1. The highest BCUT2D eigenvalue weighted by molar-refractivity contribution is 5.94. The van der Waals surface area contributed by atoms with Gasteiger partial charge in [0.25, 0.3) is 0 Å². The monoisotopic (exact) mass is 323 g/mol. The van der Waals surface area contributed by atoms with Gasteiger partial charge in [-0.15, -0.1) is 0 Å². The molecule has 0 spiro atoms. The smallest absolute Gasteiger partial charge is 0.221 e. The van der Waals surface area contributed by atoms with E-state index in [1.54, 1.807) is 0 Å². The average Bonchev–Trinajstić information content (AvgIpc) is 2.52. The molecule has 23 heavy (non-hydrogen) atoms. The molecule has 5 nitrogen and oxygen atoms in total. The van der Waals surface area contributed by atoms with Crippen LogP contribution in [0.3, 0.4) is 0 Å². The Morgan fingerprint density at radius 1 is 1.04 bits per heavy atom. The van der Waals surface area contributed by atoms with E-state index in [-0.39, 0.29) is 0 Å². The number of guanidine groups is 2. The van der Waals surface area contributed by atoms with Gasteiger partial charge in [-0.05, 0) is 25.7 Å². The lowest BCUT2D eigenvalue weighted by Gasteiger charge is -2.25. The van der Waals surface area contributed by atoms with E-state index in [0.29, 0.717) is 12.1 Å². The van der Waals surface area contributed by atoms with Gasteiger partial charge in [-0.3, -0.25) is 0 Å². The summed E-state index contributed by atoms with van der Waals surface area (Å²) in [5.41, 5.74) is 0. The molecule has 5 heteroatoms. The minimum atomic E-state index is 0.430. The van der Waals surface area contributed by atoms with Crippen molar-refractivity contribution in [2.75, 3.05) is 28.2 Å². The first kappa shape index (κ1) is 19.8. The largest absolute Gasteiger partial charge is 0.352 e. The molecule has 1 unspecified atom stereocenters. The molecule has 1 atom stereocenters. The van der Waals surface area contributed by atoms with E-state index in [1.807, 2.05) is 38.0 Å². The van der Waals surface area contributed by atoms with Crippen molar-refractivity contribution in [3.8, 4) is 0 Å². The maximum Gasteiger partial charge on any atom is 0.221 e. The van der Waals surface area contributed by atoms with Crippen molar-refractivity contribution in [2.24, 2.45) is 9.98 Å². The van der Waals surface area contributed by atoms with E-state index >= 15 is 0 Å². The second-order valence-electron chi connectivity index (χ2n) is 6.98. The lowest BCUT2D eigenvalue weighted by Crippen LogP contribution is -2.40. The molecule has 1 rings (SSSR count). The fraction of sp³-hybridized carbons (Fsp3) is 0.889. The molecule has 0 aliphatic heterocycles. The van der Waals surface area contributed by atoms with Crippen molar-refractivity contribution in [3.63, 3.8) is 0 Å². The quantitative estimate of drug-likeness (QED) is 0.623. The van der Waals surface area contributed by atoms with E-state index in [1.165, 1.54) is 38.5 Å². The van der Waals surface area contributed by atoms with Gasteiger partial charge in [-0.1, -0.05) is 39.5 Å².